The number of ether oxygens (including phenoxy) is 5. The number of aryl methyl sites for hydroxylation is 1. The second-order valence-corrected chi connectivity index (χ2v) is 9.33. The van der Waals surface area contributed by atoms with E-state index in [4.69, 9.17) is 23.7 Å². The quantitative estimate of drug-likeness (QED) is 0.264. The van der Waals surface area contributed by atoms with E-state index < -0.39 is 78.5 Å². The van der Waals surface area contributed by atoms with E-state index in [-0.39, 0.29) is 16.8 Å². The largest absolute Gasteiger partial charge is 0.463 e. The van der Waals surface area contributed by atoms with Crippen LogP contribution in [0.4, 0.5) is 0 Å². The van der Waals surface area contributed by atoms with Gasteiger partial charge in [0.15, 0.2) is 24.1 Å². The second kappa shape index (κ2) is 13.1. The van der Waals surface area contributed by atoms with Crippen LogP contribution in [0.25, 0.3) is 0 Å². The fraction of sp³-hybridized carbons (Fsp3) is 0.393. The molecule has 13 nitrogen and oxygen atoms in total. The summed E-state index contributed by atoms with van der Waals surface area (Å²) in [6.45, 7) is 5.64. The van der Waals surface area contributed by atoms with Gasteiger partial charge in [0, 0.05) is 44.9 Å². The predicted molar refractivity (Wildman–Crippen MR) is 137 cm³/mol. The Balaban J connectivity index is 1.98. The van der Waals surface area contributed by atoms with Crippen LogP contribution in [0.1, 0.15) is 43.6 Å². The second-order valence-electron chi connectivity index (χ2n) is 9.33. The van der Waals surface area contributed by atoms with Gasteiger partial charge in [-0.05, 0) is 25.1 Å². The van der Waals surface area contributed by atoms with E-state index in [1.165, 1.54) is 0 Å². The molecule has 0 aromatic heterocycles. The van der Waals surface area contributed by atoms with E-state index in [9.17, 15) is 33.6 Å². The number of carbonyl (C=O) groups excluding carboxylic acids is 7. The van der Waals surface area contributed by atoms with Crippen LogP contribution in [0, 0.1) is 6.92 Å². The minimum atomic E-state index is -1.56. The standard InChI is InChI=1S/C28H29NO12/c1-13-6-8-18(9-7-13)28(36)29-20-11-21(34)19(10-22(20)35)24-26(39-16(4)32)27(40-17(5)33)25(38-15(3)31)23(41-24)12-37-14(2)30/h6-11,23-27H,12H2,1-5H3,(H,29,36)/t23-,24+,25-,26+,27+/m1/s1. The molecule has 1 aliphatic heterocycles. The average molecular weight is 572 g/mol. The van der Waals surface area contributed by atoms with Gasteiger partial charge in [-0.15, -0.1) is 0 Å². The molecule has 0 spiro atoms. The molecule has 1 aromatic rings. The van der Waals surface area contributed by atoms with Crippen molar-refractivity contribution in [1.29, 1.82) is 0 Å². The minimum Gasteiger partial charge on any atom is -0.463 e. The first-order chi connectivity index (χ1) is 19.3. The Kier molecular flexibility index (Phi) is 9.90. The summed E-state index contributed by atoms with van der Waals surface area (Å²) in [5.41, 5.74) is 0.559. The molecule has 1 heterocycles. The third kappa shape index (κ3) is 7.94. The molecule has 1 N–H and O–H groups in total. The average Bonchev–Trinajstić information content (AvgIpc) is 2.87. The molecule has 41 heavy (non-hydrogen) atoms. The summed E-state index contributed by atoms with van der Waals surface area (Å²) in [4.78, 5) is 86.4. The lowest BCUT2D eigenvalue weighted by atomic mass is 9.86. The van der Waals surface area contributed by atoms with Crippen molar-refractivity contribution in [3.05, 3.63) is 58.8 Å². The molecule has 0 radical (unpaired) electrons. The molecule has 3 rings (SSSR count). The van der Waals surface area contributed by atoms with Gasteiger partial charge in [-0.2, -0.15) is 0 Å². The number of hydrogen-bond acceptors (Lipinski definition) is 12. The van der Waals surface area contributed by atoms with E-state index >= 15 is 0 Å². The molecule has 218 valence electrons. The van der Waals surface area contributed by atoms with Crippen LogP contribution < -0.4 is 5.32 Å². The lowest BCUT2D eigenvalue weighted by Crippen LogP contribution is -2.63. The zero-order valence-corrected chi connectivity index (χ0v) is 23.0. The summed E-state index contributed by atoms with van der Waals surface area (Å²) in [7, 11) is 0. The van der Waals surface area contributed by atoms with Crippen molar-refractivity contribution in [1.82, 2.24) is 5.32 Å². The van der Waals surface area contributed by atoms with E-state index in [2.05, 4.69) is 5.32 Å². The number of allylic oxidation sites excluding steroid dienone is 2. The summed E-state index contributed by atoms with van der Waals surface area (Å²) in [6.07, 6.45) is -5.56. The number of esters is 4. The maximum Gasteiger partial charge on any atom is 0.303 e. The number of benzene rings is 1. The van der Waals surface area contributed by atoms with Crippen LogP contribution in [-0.4, -0.2) is 78.5 Å². The lowest BCUT2D eigenvalue weighted by Gasteiger charge is -2.45. The Morgan fingerprint density at radius 2 is 1.32 bits per heavy atom. The van der Waals surface area contributed by atoms with Crippen LogP contribution in [0.3, 0.4) is 0 Å². The van der Waals surface area contributed by atoms with Gasteiger partial charge in [0.05, 0.1) is 5.70 Å². The number of rotatable bonds is 8. The van der Waals surface area contributed by atoms with Gasteiger partial charge in [-0.3, -0.25) is 33.6 Å². The monoisotopic (exact) mass is 571 g/mol. The van der Waals surface area contributed by atoms with Gasteiger partial charge in [0.1, 0.15) is 18.8 Å². The first kappa shape index (κ1) is 30.9. The van der Waals surface area contributed by atoms with Crippen LogP contribution in [0.2, 0.25) is 0 Å². The summed E-state index contributed by atoms with van der Waals surface area (Å²) >= 11 is 0. The van der Waals surface area contributed by atoms with Crippen molar-refractivity contribution in [2.75, 3.05) is 6.61 Å². The molecule has 1 amide bonds. The maximum atomic E-state index is 13.3. The molecule has 5 atom stereocenters. The fourth-order valence-electron chi connectivity index (χ4n) is 4.27. The lowest BCUT2D eigenvalue weighted by molar-refractivity contribution is -0.246. The third-order valence-corrected chi connectivity index (χ3v) is 5.97. The molecule has 0 saturated carbocycles. The van der Waals surface area contributed by atoms with Crippen molar-refractivity contribution < 1.29 is 57.2 Å². The Hall–Kier alpha value is -4.65. The zero-order chi connectivity index (χ0) is 30.4. The molecule has 1 fully saturated rings. The van der Waals surface area contributed by atoms with Crippen LogP contribution in [0.5, 0.6) is 0 Å². The molecular weight excluding hydrogens is 542 g/mol. The topological polar surface area (TPSA) is 178 Å². The van der Waals surface area contributed by atoms with E-state index in [1.54, 1.807) is 24.3 Å². The Morgan fingerprint density at radius 1 is 0.756 bits per heavy atom. The van der Waals surface area contributed by atoms with Crippen molar-refractivity contribution in [3.8, 4) is 0 Å². The highest BCUT2D eigenvalue weighted by atomic mass is 16.7. The minimum absolute atomic E-state index is 0.256. The van der Waals surface area contributed by atoms with Crippen LogP contribution >= 0.6 is 0 Å². The Morgan fingerprint density at radius 3 is 1.88 bits per heavy atom. The molecule has 1 aromatic carbocycles. The highest BCUT2D eigenvalue weighted by Crippen LogP contribution is 2.34. The van der Waals surface area contributed by atoms with E-state index in [0.717, 1.165) is 45.4 Å². The maximum absolute atomic E-state index is 13.3. The Labute approximate surface area is 234 Å². The number of carbonyl (C=O) groups is 7. The highest BCUT2D eigenvalue weighted by molar-refractivity contribution is 6.21. The van der Waals surface area contributed by atoms with Crippen molar-refractivity contribution in [2.45, 2.75) is 65.1 Å². The SMILES string of the molecule is CC(=O)OC[C@H]1O[C@@H](C2=CC(=O)C(NC(=O)c3ccc(C)cc3)=CC2=O)[C@H](OC(C)=O)[C@@H](OC(C)=O)[C@@H]1OC(C)=O. The highest BCUT2D eigenvalue weighted by Gasteiger charge is 2.54. The smallest absolute Gasteiger partial charge is 0.303 e. The van der Waals surface area contributed by atoms with E-state index in [1.807, 2.05) is 6.92 Å². The summed E-state index contributed by atoms with van der Waals surface area (Å²) in [6, 6.07) is 6.53. The van der Waals surface area contributed by atoms with Crippen molar-refractivity contribution in [2.24, 2.45) is 0 Å². The van der Waals surface area contributed by atoms with Gasteiger partial charge in [-0.25, -0.2) is 0 Å². The number of amides is 1. The number of nitrogens with one attached hydrogen (secondary N) is 1. The van der Waals surface area contributed by atoms with Gasteiger partial charge >= 0.3 is 23.9 Å². The first-order valence-corrected chi connectivity index (χ1v) is 12.5. The van der Waals surface area contributed by atoms with Gasteiger partial charge < -0.3 is 29.0 Å². The molecule has 1 saturated heterocycles. The number of hydrogen-bond donors (Lipinski definition) is 1. The van der Waals surface area contributed by atoms with Crippen LogP contribution in [-0.2, 0) is 52.5 Å². The molecule has 0 bridgehead atoms. The van der Waals surface area contributed by atoms with Gasteiger partial charge in [-0.1, -0.05) is 17.7 Å². The van der Waals surface area contributed by atoms with E-state index in [0.29, 0.717) is 0 Å². The van der Waals surface area contributed by atoms with Crippen LogP contribution in [0.15, 0.2) is 47.7 Å². The van der Waals surface area contributed by atoms with Gasteiger partial charge in [0.25, 0.3) is 5.91 Å². The first-order valence-electron chi connectivity index (χ1n) is 12.5. The summed E-state index contributed by atoms with van der Waals surface area (Å²) in [5.74, 6) is -5.42. The summed E-state index contributed by atoms with van der Waals surface area (Å²) in [5, 5.41) is 2.40. The molecule has 13 heteroatoms. The van der Waals surface area contributed by atoms with Crippen molar-refractivity contribution in [3.63, 3.8) is 0 Å². The molecule has 2 aliphatic rings. The fourth-order valence-corrected chi connectivity index (χ4v) is 4.27. The normalized spacial score (nSPS) is 23.9. The zero-order valence-electron chi connectivity index (χ0n) is 23.0. The molecular formula is C28H29NO12. The van der Waals surface area contributed by atoms with Crippen molar-refractivity contribution >= 4 is 41.4 Å². The third-order valence-electron chi connectivity index (χ3n) is 5.97. The molecule has 0 unspecified atom stereocenters. The predicted octanol–water partition coefficient (Wildman–Crippen LogP) is 0.813. The van der Waals surface area contributed by atoms with Gasteiger partial charge in [0.2, 0.25) is 5.78 Å². The number of ketones is 2. The molecule has 1 aliphatic carbocycles. The summed E-state index contributed by atoms with van der Waals surface area (Å²) < 4.78 is 27.0. The Bertz CT molecular complexity index is 1330.